The van der Waals surface area contributed by atoms with Crippen LogP contribution in [0, 0.1) is 23.3 Å². The molecule has 0 bridgehead atoms. The minimum atomic E-state index is -5.73. The van der Waals surface area contributed by atoms with Crippen LogP contribution in [0.25, 0.3) is 6.08 Å². The fraction of sp³-hybridized carbons (Fsp3) is 0.100. The first-order valence-electron chi connectivity index (χ1n) is 12.7. The summed E-state index contributed by atoms with van der Waals surface area (Å²) in [6.45, 7) is 1.25. The number of nitrogens with one attached hydrogen (secondary N) is 3. The van der Waals surface area contributed by atoms with Crippen LogP contribution in [0.5, 0.6) is 0 Å². The van der Waals surface area contributed by atoms with Gasteiger partial charge in [-0.3, -0.25) is 14.4 Å². The second-order valence-electron chi connectivity index (χ2n) is 9.13. The number of rotatable bonds is 9. The summed E-state index contributed by atoms with van der Waals surface area (Å²) < 4.78 is 100. The lowest BCUT2D eigenvalue weighted by Gasteiger charge is -2.17. The predicted molar refractivity (Wildman–Crippen MR) is 151 cm³/mol. The molecule has 45 heavy (non-hydrogen) atoms. The van der Waals surface area contributed by atoms with Crippen molar-refractivity contribution >= 4 is 46.9 Å². The molecular weight excluding hydrogens is 631 g/mol. The molecule has 0 aliphatic heterocycles. The maximum absolute atomic E-state index is 14.2. The van der Waals surface area contributed by atoms with Gasteiger partial charge in [0.05, 0.1) is 11.5 Å². The molecule has 4 aromatic rings. The number of amides is 3. The Bertz CT molecular complexity index is 1730. The molecule has 0 spiro atoms. The fourth-order valence-electron chi connectivity index (χ4n) is 3.78. The van der Waals surface area contributed by atoms with E-state index in [1.54, 1.807) is 47.8 Å². The van der Waals surface area contributed by atoms with Crippen LogP contribution in [0.3, 0.4) is 0 Å². The molecule has 3 amide bonds. The van der Waals surface area contributed by atoms with Gasteiger partial charge < -0.3 is 20.4 Å². The molecule has 0 radical (unpaired) electrons. The third-order valence-electron chi connectivity index (χ3n) is 5.93. The van der Waals surface area contributed by atoms with Gasteiger partial charge in [0.2, 0.25) is 5.91 Å². The van der Waals surface area contributed by atoms with Gasteiger partial charge >= 0.3 is 6.18 Å². The van der Waals surface area contributed by atoms with E-state index in [0.29, 0.717) is 4.90 Å². The third kappa shape index (κ3) is 7.92. The van der Waals surface area contributed by atoms with Crippen LogP contribution < -0.4 is 16.0 Å². The van der Waals surface area contributed by atoms with Gasteiger partial charge in [-0.05, 0) is 49.4 Å². The van der Waals surface area contributed by atoms with Crippen molar-refractivity contribution in [1.82, 2.24) is 5.32 Å². The van der Waals surface area contributed by atoms with Crippen molar-refractivity contribution in [2.24, 2.45) is 0 Å². The highest BCUT2D eigenvalue weighted by Crippen LogP contribution is 2.38. The summed E-state index contributed by atoms with van der Waals surface area (Å²) in [6, 6.07) is 17.1. The summed E-state index contributed by atoms with van der Waals surface area (Å²) in [7, 11) is 0. The Balaban J connectivity index is 1.48. The second-order valence-corrected chi connectivity index (χ2v) is 10.5. The minimum Gasteiger partial charge on any atom is -0.465 e. The highest BCUT2D eigenvalue weighted by atomic mass is 32.2. The van der Waals surface area contributed by atoms with Crippen molar-refractivity contribution in [3.8, 4) is 0 Å². The number of furan rings is 1. The number of anilines is 2. The zero-order valence-corrected chi connectivity index (χ0v) is 23.6. The van der Waals surface area contributed by atoms with Gasteiger partial charge in [0, 0.05) is 22.2 Å². The third-order valence-corrected chi connectivity index (χ3v) is 7.02. The Kier molecular flexibility index (Phi) is 10.0. The molecule has 1 atom stereocenters. The Hall–Kier alpha value is -5.05. The van der Waals surface area contributed by atoms with E-state index in [9.17, 15) is 45.1 Å². The first-order chi connectivity index (χ1) is 21.3. The van der Waals surface area contributed by atoms with Crippen LogP contribution in [0.15, 0.2) is 88.0 Å². The van der Waals surface area contributed by atoms with Crippen molar-refractivity contribution in [3.05, 3.63) is 119 Å². The molecule has 3 aromatic carbocycles. The summed E-state index contributed by atoms with van der Waals surface area (Å²) in [5.74, 6) is -12.5. The smallest absolute Gasteiger partial charge is 0.422 e. The van der Waals surface area contributed by atoms with E-state index in [2.05, 4.69) is 10.6 Å². The van der Waals surface area contributed by atoms with Crippen LogP contribution in [0.4, 0.5) is 42.1 Å². The van der Waals surface area contributed by atoms with Gasteiger partial charge in [-0.15, -0.1) is 11.8 Å². The number of halogens is 7. The van der Waals surface area contributed by atoms with E-state index in [1.807, 2.05) is 0 Å². The fourth-order valence-corrected chi connectivity index (χ4v) is 4.70. The summed E-state index contributed by atoms with van der Waals surface area (Å²) in [6.07, 6.45) is -3.07. The van der Waals surface area contributed by atoms with Crippen LogP contribution in [-0.4, -0.2) is 23.0 Å². The average molecular weight is 652 g/mol. The number of alkyl halides is 3. The van der Waals surface area contributed by atoms with Crippen LogP contribution >= 0.6 is 11.8 Å². The van der Waals surface area contributed by atoms with Crippen molar-refractivity contribution in [2.45, 2.75) is 23.2 Å². The highest BCUT2D eigenvalue weighted by molar-refractivity contribution is 8.00. The lowest BCUT2D eigenvalue weighted by Crippen LogP contribution is -2.30. The molecule has 3 N–H and O–H groups in total. The van der Waals surface area contributed by atoms with E-state index >= 15 is 0 Å². The molecule has 0 aliphatic rings. The van der Waals surface area contributed by atoms with Crippen molar-refractivity contribution in [1.29, 1.82) is 0 Å². The lowest BCUT2D eigenvalue weighted by atomic mass is 10.1. The molecule has 1 unspecified atom stereocenters. The first kappa shape index (κ1) is 32.9. The summed E-state index contributed by atoms with van der Waals surface area (Å²) in [5, 5.41) is 5.49. The van der Waals surface area contributed by atoms with E-state index < -0.39 is 63.7 Å². The first-order valence-corrected chi connectivity index (χ1v) is 13.6. The summed E-state index contributed by atoms with van der Waals surface area (Å²) >= 11 is 0.785. The normalized spacial score (nSPS) is 12.4. The SMILES string of the molecule is CC(Sc1cccc(NC(=O)/C(=C/c2ccco2)NC(=O)c2ccccc2)c1)C(=O)Nc1c(F)c(F)c(C(F)(F)F)c(F)c1F. The molecule has 1 heterocycles. The van der Waals surface area contributed by atoms with Gasteiger partial charge in [-0.1, -0.05) is 24.3 Å². The molecule has 1 aromatic heterocycles. The standard InChI is InChI=1S/C30H20F7N3O4S/c1-15(27(41)40-26-24(33)22(31)21(30(35,36)37)23(32)25(26)34)45-19-11-5-9-17(13-19)38-29(43)20(14-18-10-6-12-44-18)39-28(42)16-7-3-2-4-8-16/h2-15H,1H3,(H,38,43)(H,39,42)(H,40,41)/b20-14-. The number of hydrogen-bond donors (Lipinski definition) is 3. The van der Waals surface area contributed by atoms with E-state index in [4.69, 9.17) is 4.42 Å². The maximum atomic E-state index is 14.2. The Morgan fingerprint density at radius 2 is 1.51 bits per heavy atom. The molecule has 0 saturated carbocycles. The van der Waals surface area contributed by atoms with Crippen LogP contribution in [0.1, 0.15) is 28.6 Å². The van der Waals surface area contributed by atoms with Crippen molar-refractivity contribution < 1.29 is 49.5 Å². The molecule has 0 saturated heterocycles. The topological polar surface area (TPSA) is 100 Å². The molecule has 4 rings (SSSR count). The summed E-state index contributed by atoms with van der Waals surface area (Å²) in [4.78, 5) is 38.8. The van der Waals surface area contributed by atoms with Gasteiger partial charge in [0.25, 0.3) is 11.8 Å². The van der Waals surface area contributed by atoms with E-state index in [-0.39, 0.29) is 22.7 Å². The highest BCUT2D eigenvalue weighted by Gasteiger charge is 2.42. The molecule has 0 fully saturated rings. The minimum absolute atomic E-state index is 0.176. The van der Waals surface area contributed by atoms with Gasteiger partial charge in [0.15, 0.2) is 23.3 Å². The second kappa shape index (κ2) is 13.7. The van der Waals surface area contributed by atoms with E-state index in [1.165, 1.54) is 43.5 Å². The zero-order chi connectivity index (χ0) is 32.9. The zero-order valence-electron chi connectivity index (χ0n) is 22.8. The van der Waals surface area contributed by atoms with E-state index in [0.717, 1.165) is 11.8 Å². The number of thioether (sulfide) groups is 1. The predicted octanol–water partition coefficient (Wildman–Crippen LogP) is 7.38. The van der Waals surface area contributed by atoms with Crippen LogP contribution in [0.2, 0.25) is 0 Å². The monoisotopic (exact) mass is 651 g/mol. The van der Waals surface area contributed by atoms with Crippen molar-refractivity contribution in [3.63, 3.8) is 0 Å². The molecule has 7 nitrogen and oxygen atoms in total. The summed E-state index contributed by atoms with van der Waals surface area (Å²) in [5.41, 5.74) is -4.18. The van der Waals surface area contributed by atoms with Crippen LogP contribution in [-0.2, 0) is 15.8 Å². The lowest BCUT2D eigenvalue weighted by molar-refractivity contribution is -0.143. The number of carbonyl (C=O) groups excluding carboxylic acids is 3. The number of benzene rings is 3. The Morgan fingerprint density at radius 1 is 0.844 bits per heavy atom. The molecule has 0 aliphatic carbocycles. The number of hydrogen-bond acceptors (Lipinski definition) is 5. The quantitative estimate of drug-likeness (QED) is 0.0759. The molecule has 234 valence electrons. The van der Waals surface area contributed by atoms with Gasteiger partial charge in [-0.25, -0.2) is 17.6 Å². The van der Waals surface area contributed by atoms with Crippen molar-refractivity contribution in [2.75, 3.05) is 10.6 Å². The maximum Gasteiger partial charge on any atom is 0.422 e. The number of carbonyl (C=O) groups is 3. The average Bonchev–Trinajstić information content (AvgIpc) is 3.51. The van der Waals surface area contributed by atoms with Gasteiger partial charge in [-0.2, -0.15) is 13.2 Å². The molecule has 15 heteroatoms. The largest absolute Gasteiger partial charge is 0.465 e. The Morgan fingerprint density at radius 3 is 2.11 bits per heavy atom. The Labute approximate surface area is 254 Å². The molecular formula is C30H20F7N3O4S. The van der Waals surface area contributed by atoms with Gasteiger partial charge in [0.1, 0.15) is 22.7 Å².